The second-order valence-electron chi connectivity index (χ2n) is 7.69. The zero-order chi connectivity index (χ0) is 17.6. The maximum absolute atomic E-state index is 2.47. The van der Waals surface area contributed by atoms with Gasteiger partial charge < -0.3 is 0 Å². The summed E-state index contributed by atoms with van der Waals surface area (Å²) >= 11 is 3.83. The van der Waals surface area contributed by atoms with E-state index in [0.717, 1.165) is 0 Å². The van der Waals surface area contributed by atoms with E-state index in [2.05, 4.69) is 72.0 Å². The standard InChI is InChI=1S/C22H28S2/c1-12(2)16-10-17(13(3)4)21(18(11-16)14(5)6)20-15(7)24-19-8-9-23-22(19)20/h8-14H,1-7H3. The van der Waals surface area contributed by atoms with Crippen LogP contribution in [0, 0.1) is 6.92 Å². The molecule has 24 heavy (non-hydrogen) atoms. The van der Waals surface area contributed by atoms with Gasteiger partial charge in [0.1, 0.15) is 0 Å². The van der Waals surface area contributed by atoms with Crippen molar-refractivity contribution in [1.82, 2.24) is 0 Å². The van der Waals surface area contributed by atoms with Crippen molar-refractivity contribution in [1.29, 1.82) is 0 Å². The van der Waals surface area contributed by atoms with Crippen molar-refractivity contribution < 1.29 is 0 Å². The summed E-state index contributed by atoms with van der Waals surface area (Å²) in [6.45, 7) is 16.2. The first-order valence-electron chi connectivity index (χ1n) is 8.95. The van der Waals surface area contributed by atoms with E-state index >= 15 is 0 Å². The number of fused-ring (bicyclic) bond motifs is 1. The molecule has 2 heterocycles. The van der Waals surface area contributed by atoms with Crippen molar-refractivity contribution in [3.63, 3.8) is 0 Å². The molecule has 1 aromatic carbocycles. The molecule has 0 N–H and O–H groups in total. The zero-order valence-corrected chi connectivity index (χ0v) is 17.5. The molecule has 0 atom stereocenters. The van der Waals surface area contributed by atoms with Crippen molar-refractivity contribution >= 4 is 32.1 Å². The van der Waals surface area contributed by atoms with Crippen molar-refractivity contribution in [3.05, 3.63) is 45.1 Å². The summed E-state index contributed by atoms with van der Waals surface area (Å²) in [5, 5.41) is 2.23. The molecule has 0 saturated heterocycles. The van der Waals surface area contributed by atoms with Crippen LogP contribution in [0.3, 0.4) is 0 Å². The Morgan fingerprint density at radius 1 is 0.792 bits per heavy atom. The van der Waals surface area contributed by atoms with Crippen LogP contribution in [0.25, 0.3) is 20.5 Å². The highest BCUT2D eigenvalue weighted by Crippen LogP contribution is 2.47. The molecule has 0 fully saturated rings. The van der Waals surface area contributed by atoms with Crippen LogP contribution in [-0.2, 0) is 0 Å². The van der Waals surface area contributed by atoms with Crippen LogP contribution in [0.15, 0.2) is 23.6 Å². The minimum atomic E-state index is 0.533. The molecular weight excluding hydrogens is 328 g/mol. The second kappa shape index (κ2) is 6.65. The Labute approximate surface area is 154 Å². The quantitative estimate of drug-likeness (QED) is 0.441. The number of thiophene rings is 2. The monoisotopic (exact) mass is 356 g/mol. The highest BCUT2D eigenvalue weighted by Gasteiger charge is 2.22. The van der Waals surface area contributed by atoms with Crippen LogP contribution in [-0.4, -0.2) is 0 Å². The molecule has 128 valence electrons. The molecule has 0 unspecified atom stereocenters. The summed E-state index contributed by atoms with van der Waals surface area (Å²) < 4.78 is 2.91. The number of hydrogen-bond acceptors (Lipinski definition) is 2. The Bertz CT molecular complexity index is 830. The minimum Gasteiger partial charge on any atom is -0.142 e. The summed E-state index contributed by atoms with van der Waals surface area (Å²) in [6.07, 6.45) is 0. The van der Waals surface area contributed by atoms with Crippen LogP contribution in [0.2, 0.25) is 0 Å². The van der Waals surface area contributed by atoms with Crippen LogP contribution in [0.1, 0.15) is 80.9 Å². The van der Waals surface area contributed by atoms with Gasteiger partial charge in [0.15, 0.2) is 0 Å². The van der Waals surface area contributed by atoms with Gasteiger partial charge in [-0.25, -0.2) is 0 Å². The molecule has 0 aliphatic heterocycles. The van der Waals surface area contributed by atoms with E-state index in [1.807, 2.05) is 22.7 Å². The first-order valence-corrected chi connectivity index (χ1v) is 10.7. The normalized spacial score (nSPS) is 12.2. The van der Waals surface area contributed by atoms with E-state index in [4.69, 9.17) is 0 Å². The van der Waals surface area contributed by atoms with E-state index in [1.54, 1.807) is 0 Å². The van der Waals surface area contributed by atoms with Gasteiger partial charge in [0.25, 0.3) is 0 Å². The lowest BCUT2D eigenvalue weighted by Crippen LogP contribution is -2.03. The minimum absolute atomic E-state index is 0.533. The fourth-order valence-corrected chi connectivity index (χ4v) is 5.75. The summed E-state index contributed by atoms with van der Waals surface area (Å²) in [5.74, 6) is 1.63. The molecule has 2 heteroatoms. The van der Waals surface area contributed by atoms with E-state index in [1.165, 1.54) is 42.1 Å². The first-order chi connectivity index (χ1) is 11.3. The van der Waals surface area contributed by atoms with E-state index in [9.17, 15) is 0 Å². The van der Waals surface area contributed by atoms with E-state index in [-0.39, 0.29) is 0 Å². The topological polar surface area (TPSA) is 0 Å². The van der Waals surface area contributed by atoms with Crippen LogP contribution < -0.4 is 0 Å². The third-order valence-electron chi connectivity index (χ3n) is 4.85. The summed E-state index contributed by atoms with van der Waals surface area (Å²) in [4.78, 5) is 1.46. The Kier molecular flexibility index (Phi) is 4.90. The third kappa shape index (κ3) is 2.95. The van der Waals surface area contributed by atoms with E-state index in [0.29, 0.717) is 17.8 Å². The predicted molar refractivity (Wildman–Crippen MR) is 112 cm³/mol. The van der Waals surface area contributed by atoms with Crippen molar-refractivity contribution in [2.75, 3.05) is 0 Å². The molecule has 3 rings (SSSR count). The van der Waals surface area contributed by atoms with Gasteiger partial charge in [0.05, 0.1) is 4.70 Å². The van der Waals surface area contributed by atoms with Crippen molar-refractivity contribution in [3.8, 4) is 11.1 Å². The molecule has 3 aromatic rings. The molecule has 0 bridgehead atoms. The van der Waals surface area contributed by atoms with Gasteiger partial charge in [-0.15, -0.1) is 22.7 Å². The number of rotatable bonds is 4. The molecule has 0 nitrogen and oxygen atoms in total. The summed E-state index contributed by atoms with van der Waals surface area (Å²) in [6, 6.07) is 7.20. The molecule has 2 aromatic heterocycles. The fourth-order valence-electron chi connectivity index (χ4n) is 3.47. The highest BCUT2D eigenvalue weighted by molar-refractivity contribution is 7.27. The van der Waals surface area contributed by atoms with Crippen LogP contribution >= 0.6 is 22.7 Å². The predicted octanol–water partition coefficient (Wildman–Crippen LogP) is 8.31. The summed E-state index contributed by atoms with van der Waals surface area (Å²) in [7, 11) is 0. The van der Waals surface area contributed by atoms with Gasteiger partial charge in [-0.2, -0.15) is 0 Å². The Morgan fingerprint density at radius 2 is 1.38 bits per heavy atom. The average molecular weight is 357 g/mol. The molecule has 0 aliphatic rings. The smallest absolute Gasteiger partial charge is 0.0532 e. The maximum Gasteiger partial charge on any atom is 0.0532 e. The fraction of sp³-hybridized carbons (Fsp3) is 0.455. The lowest BCUT2D eigenvalue weighted by atomic mass is 9.82. The van der Waals surface area contributed by atoms with Gasteiger partial charge in [-0.1, -0.05) is 53.7 Å². The first kappa shape index (κ1) is 17.7. The molecule has 0 radical (unpaired) electrons. The highest BCUT2D eigenvalue weighted by atomic mass is 32.1. The number of hydrogen-bond donors (Lipinski definition) is 0. The van der Waals surface area contributed by atoms with Gasteiger partial charge >= 0.3 is 0 Å². The molecular formula is C22H28S2. The largest absolute Gasteiger partial charge is 0.142 e. The van der Waals surface area contributed by atoms with Crippen molar-refractivity contribution in [2.45, 2.75) is 66.2 Å². The number of benzene rings is 1. The third-order valence-corrected chi connectivity index (χ3v) is 6.99. The second-order valence-corrected chi connectivity index (χ2v) is 9.86. The maximum atomic E-state index is 2.47. The molecule has 0 amide bonds. The molecule has 0 saturated carbocycles. The SMILES string of the molecule is Cc1sc2ccsc2c1-c1c(C(C)C)cc(C(C)C)cc1C(C)C. The van der Waals surface area contributed by atoms with Gasteiger partial charge in [0, 0.05) is 15.1 Å². The lowest BCUT2D eigenvalue weighted by Gasteiger charge is -2.23. The molecule has 0 spiro atoms. The van der Waals surface area contributed by atoms with Gasteiger partial charge in [0.2, 0.25) is 0 Å². The Balaban J connectivity index is 2.41. The average Bonchev–Trinajstić information content (AvgIpc) is 3.05. The van der Waals surface area contributed by atoms with Crippen LogP contribution in [0.5, 0.6) is 0 Å². The number of aryl methyl sites for hydroxylation is 1. The van der Waals surface area contributed by atoms with Gasteiger partial charge in [-0.3, -0.25) is 0 Å². The van der Waals surface area contributed by atoms with E-state index < -0.39 is 0 Å². The molecule has 0 aliphatic carbocycles. The lowest BCUT2D eigenvalue weighted by molar-refractivity contribution is 0.808. The zero-order valence-electron chi connectivity index (χ0n) is 15.9. The van der Waals surface area contributed by atoms with Crippen molar-refractivity contribution in [2.24, 2.45) is 0 Å². The van der Waals surface area contributed by atoms with Gasteiger partial charge in [-0.05, 0) is 58.4 Å². The Hall–Kier alpha value is -1.12. The summed E-state index contributed by atoms with van der Waals surface area (Å²) in [5.41, 5.74) is 7.51. The Morgan fingerprint density at radius 3 is 1.88 bits per heavy atom. The van der Waals surface area contributed by atoms with Crippen LogP contribution in [0.4, 0.5) is 0 Å².